The highest BCUT2D eigenvalue weighted by molar-refractivity contribution is 5.95. The molecule has 0 spiro atoms. The molecule has 3 aromatic rings. The van der Waals surface area contributed by atoms with Gasteiger partial charge in [0, 0.05) is 55.6 Å². The predicted octanol–water partition coefficient (Wildman–Crippen LogP) is 4.83. The lowest BCUT2D eigenvalue weighted by molar-refractivity contribution is 0.0602. The van der Waals surface area contributed by atoms with Crippen LogP contribution in [0.4, 0.5) is 10.2 Å². The monoisotopic (exact) mass is 502 g/mol. The third kappa shape index (κ3) is 5.64. The second kappa shape index (κ2) is 11.3. The van der Waals surface area contributed by atoms with E-state index in [9.17, 15) is 4.79 Å². The minimum absolute atomic E-state index is 0.102. The minimum atomic E-state index is -0.537. The Labute approximate surface area is 217 Å². The summed E-state index contributed by atoms with van der Waals surface area (Å²) >= 11 is 0. The molecule has 8 heteroatoms. The summed E-state index contributed by atoms with van der Waals surface area (Å²) < 4.78 is 15.4. The van der Waals surface area contributed by atoms with Gasteiger partial charge in [-0.3, -0.25) is 9.69 Å². The second-order valence-electron chi connectivity index (χ2n) is 10.2. The van der Waals surface area contributed by atoms with Crippen LogP contribution in [0.1, 0.15) is 55.1 Å². The predicted molar refractivity (Wildman–Crippen MR) is 143 cm³/mol. The van der Waals surface area contributed by atoms with Gasteiger partial charge in [-0.1, -0.05) is 32.3 Å². The highest BCUT2D eigenvalue weighted by Gasteiger charge is 2.26. The third-order valence-electron chi connectivity index (χ3n) is 7.71. The van der Waals surface area contributed by atoms with Gasteiger partial charge in [-0.25, -0.2) is 19.3 Å². The molecule has 2 aliphatic rings. The molecule has 2 fully saturated rings. The summed E-state index contributed by atoms with van der Waals surface area (Å²) in [6.07, 6.45) is 10.5. The average Bonchev–Trinajstić information content (AvgIpc) is 2.93. The maximum Gasteiger partial charge on any atom is 0.256 e. The van der Waals surface area contributed by atoms with E-state index in [4.69, 9.17) is 5.73 Å². The summed E-state index contributed by atoms with van der Waals surface area (Å²) in [6.45, 7) is 6.09. The fraction of sp³-hybridized carbons (Fsp3) is 0.448. The number of benzene rings is 1. The molecule has 7 nitrogen and oxygen atoms in total. The SMILES string of the molecule is CCc1ncnc(-c2ccc(C(=O)N3CCN(CC4CCCCC4)CC3)c(F)c2)c1-c1ccc(N)nc1. The van der Waals surface area contributed by atoms with Crippen LogP contribution in [-0.2, 0) is 6.42 Å². The summed E-state index contributed by atoms with van der Waals surface area (Å²) in [7, 11) is 0. The fourth-order valence-electron chi connectivity index (χ4n) is 5.64. The Hall–Kier alpha value is -3.39. The summed E-state index contributed by atoms with van der Waals surface area (Å²) in [5.41, 5.74) is 9.51. The largest absolute Gasteiger partial charge is 0.384 e. The van der Waals surface area contributed by atoms with Crippen LogP contribution in [-0.4, -0.2) is 63.4 Å². The molecule has 3 heterocycles. The zero-order valence-corrected chi connectivity index (χ0v) is 21.5. The minimum Gasteiger partial charge on any atom is -0.384 e. The molecule has 1 amide bonds. The van der Waals surface area contributed by atoms with E-state index in [0.29, 0.717) is 36.6 Å². The number of aromatic nitrogens is 3. The van der Waals surface area contributed by atoms with Crippen molar-refractivity contribution < 1.29 is 9.18 Å². The van der Waals surface area contributed by atoms with Gasteiger partial charge in [-0.05, 0) is 49.4 Å². The van der Waals surface area contributed by atoms with Crippen molar-refractivity contribution >= 4 is 11.7 Å². The topological polar surface area (TPSA) is 88.2 Å². The molecule has 1 aliphatic heterocycles. The van der Waals surface area contributed by atoms with Crippen molar-refractivity contribution in [2.45, 2.75) is 45.4 Å². The smallest absolute Gasteiger partial charge is 0.256 e. The first-order valence-corrected chi connectivity index (χ1v) is 13.4. The Morgan fingerprint density at radius 2 is 1.76 bits per heavy atom. The molecule has 0 unspecified atom stereocenters. The van der Waals surface area contributed by atoms with E-state index >= 15 is 4.39 Å². The van der Waals surface area contributed by atoms with Gasteiger partial charge < -0.3 is 10.6 Å². The maximum atomic E-state index is 15.4. The Morgan fingerprint density at radius 3 is 2.43 bits per heavy atom. The van der Waals surface area contributed by atoms with Crippen LogP contribution in [0.5, 0.6) is 0 Å². The molecule has 1 saturated carbocycles. The molecule has 0 radical (unpaired) electrons. The quantitative estimate of drug-likeness (QED) is 0.520. The van der Waals surface area contributed by atoms with E-state index in [2.05, 4.69) is 19.9 Å². The highest BCUT2D eigenvalue weighted by atomic mass is 19.1. The van der Waals surface area contributed by atoms with E-state index in [0.717, 1.165) is 42.4 Å². The van der Waals surface area contributed by atoms with Crippen molar-refractivity contribution in [3.05, 3.63) is 59.9 Å². The Morgan fingerprint density at radius 1 is 1.00 bits per heavy atom. The highest BCUT2D eigenvalue weighted by Crippen LogP contribution is 2.33. The van der Waals surface area contributed by atoms with Gasteiger partial charge in [0.15, 0.2) is 0 Å². The second-order valence-corrected chi connectivity index (χ2v) is 10.2. The number of aryl methyl sites for hydroxylation is 1. The molecule has 2 N–H and O–H groups in total. The van der Waals surface area contributed by atoms with Crippen molar-refractivity contribution in [1.29, 1.82) is 0 Å². The van der Waals surface area contributed by atoms with Gasteiger partial charge >= 0.3 is 0 Å². The van der Waals surface area contributed by atoms with E-state index < -0.39 is 5.82 Å². The van der Waals surface area contributed by atoms with Crippen LogP contribution in [0.3, 0.4) is 0 Å². The summed E-state index contributed by atoms with van der Waals surface area (Å²) in [6, 6.07) is 8.35. The number of halogens is 1. The van der Waals surface area contributed by atoms with Crippen LogP contribution in [0.15, 0.2) is 42.9 Å². The number of pyridine rings is 1. The molecule has 37 heavy (non-hydrogen) atoms. The zero-order valence-electron chi connectivity index (χ0n) is 21.5. The molecule has 194 valence electrons. The summed E-state index contributed by atoms with van der Waals surface area (Å²) in [5, 5.41) is 0. The van der Waals surface area contributed by atoms with Gasteiger partial charge in [0.25, 0.3) is 5.91 Å². The number of nitrogen functional groups attached to an aromatic ring is 1. The van der Waals surface area contributed by atoms with Gasteiger partial charge in [0.05, 0.1) is 17.0 Å². The first-order valence-electron chi connectivity index (χ1n) is 13.4. The lowest BCUT2D eigenvalue weighted by atomic mass is 9.89. The van der Waals surface area contributed by atoms with Crippen molar-refractivity contribution in [2.75, 3.05) is 38.5 Å². The Kier molecular flexibility index (Phi) is 7.74. The first-order chi connectivity index (χ1) is 18.0. The number of nitrogens with zero attached hydrogens (tertiary/aromatic N) is 5. The number of nitrogens with two attached hydrogens (primary N) is 1. The third-order valence-corrected chi connectivity index (χ3v) is 7.71. The Bertz CT molecular complexity index is 1230. The zero-order chi connectivity index (χ0) is 25.8. The number of anilines is 1. The van der Waals surface area contributed by atoms with E-state index in [1.807, 2.05) is 13.0 Å². The van der Waals surface area contributed by atoms with Crippen molar-refractivity contribution in [3.8, 4) is 22.4 Å². The van der Waals surface area contributed by atoms with E-state index in [-0.39, 0.29) is 11.5 Å². The summed E-state index contributed by atoms with van der Waals surface area (Å²) in [4.78, 5) is 30.6. The number of piperazine rings is 1. The molecular weight excluding hydrogens is 467 g/mol. The van der Waals surface area contributed by atoms with Crippen LogP contribution in [0.25, 0.3) is 22.4 Å². The number of carbonyl (C=O) groups is 1. The molecule has 0 atom stereocenters. The van der Waals surface area contributed by atoms with Crippen LogP contribution < -0.4 is 5.73 Å². The number of hydrogen-bond donors (Lipinski definition) is 1. The standard InChI is InChI=1S/C29H35FN6O/c1-2-25-27(22-9-11-26(31)32-17-22)28(34-19-33-25)21-8-10-23(24(30)16-21)29(37)36-14-12-35(13-15-36)18-20-6-4-3-5-7-20/h8-11,16-17,19-20H,2-7,12-15,18H2,1H3,(H2,31,32). The lowest BCUT2D eigenvalue weighted by Crippen LogP contribution is -2.50. The molecule has 2 aromatic heterocycles. The van der Waals surface area contributed by atoms with Gasteiger partial charge in [0.1, 0.15) is 18.0 Å². The van der Waals surface area contributed by atoms with Gasteiger partial charge in [-0.15, -0.1) is 0 Å². The number of amides is 1. The lowest BCUT2D eigenvalue weighted by Gasteiger charge is -2.37. The number of rotatable bonds is 6. The van der Waals surface area contributed by atoms with E-state index in [1.165, 1.54) is 44.5 Å². The van der Waals surface area contributed by atoms with Crippen LogP contribution >= 0.6 is 0 Å². The molecular formula is C29H35FN6O. The van der Waals surface area contributed by atoms with Crippen LogP contribution in [0.2, 0.25) is 0 Å². The number of carbonyl (C=O) groups excluding carboxylic acids is 1. The van der Waals surface area contributed by atoms with Crippen molar-refractivity contribution in [1.82, 2.24) is 24.8 Å². The van der Waals surface area contributed by atoms with Crippen molar-refractivity contribution in [3.63, 3.8) is 0 Å². The van der Waals surface area contributed by atoms with Crippen molar-refractivity contribution in [2.24, 2.45) is 5.92 Å². The Balaban J connectivity index is 1.32. The van der Waals surface area contributed by atoms with E-state index in [1.54, 1.807) is 29.3 Å². The van der Waals surface area contributed by atoms with Gasteiger partial charge in [-0.2, -0.15) is 0 Å². The fourth-order valence-corrected chi connectivity index (χ4v) is 5.64. The van der Waals surface area contributed by atoms with Crippen LogP contribution in [0, 0.1) is 11.7 Å². The molecule has 1 aromatic carbocycles. The molecule has 5 rings (SSSR count). The molecule has 1 aliphatic carbocycles. The number of hydrogen-bond acceptors (Lipinski definition) is 6. The van der Waals surface area contributed by atoms with Gasteiger partial charge in [0.2, 0.25) is 0 Å². The molecule has 1 saturated heterocycles. The molecule has 0 bridgehead atoms. The average molecular weight is 503 g/mol. The maximum absolute atomic E-state index is 15.4. The first kappa shape index (κ1) is 25.3. The summed E-state index contributed by atoms with van der Waals surface area (Å²) in [5.74, 6) is 0.417. The normalized spacial score (nSPS) is 17.2.